The molecule has 0 saturated carbocycles. The Balaban J connectivity index is 2.79. The van der Waals surface area contributed by atoms with Crippen LogP contribution in [0.2, 0.25) is 0 Å². The normalized spacial score (nSPS) is 12.1. The van der Waals surface area contributed by atoms with Gasteiger partial charge >= 0.3 is 0 Å². The van der Waals surface area contributed by atoms with Crippen molar-refractivity contribution in [2.45, 2.75) is 25.8 Å². The molecule has 1 aromatic rings. The van der Waals surface area contributed by atoms with E-state index in [1.807, 2.05) is 19.3 Å². The van der Waals surface area contributed by atoms with Crippen molar-refractivity contribution in [2.24, 2.45) is 0 Å². The number of rotatable bonds is 4. The Hall–Kier alpha value is -1.33. The monoisotopic (exact) mass is 188 g/mol. The topological polar surface area (TPSA) is 24.9 Å². The zero-order valence-electron chi connectivity index (χ0n) is 8.75. The minimum atomic E-state index is 0.271. The molecule has 1 rings (SSSR count). The fraction of sp³-hybridized carbons (Fsp3) is 0.417. The first-order valence-corrected chi connectivity index (χ1v) is 4.81. The predicted molar refractivity (Wildman–Crippen MR) is 58.8 cm³/mol. The minimum absolute atomic E-state index is 0.271. The van der Waals surface area contributed by atoms with Crippen LogP contribution in [0.5, 0.6) is 0 Å². The lowest BCUT2D eigenvalue weighted by atomic mass is 10.0. The van der Waals surface area contributed by atoms with Gasteiger partial charge in [-0.05, 0) is 32.0 Å². The molecule has 1 aromatic heterocycles. The SMILES string of the molecule is C#CCCC(NC)c1ncccc1C. The molecule has 1 unspecified atom stereocenters. The number of aromatic nitrogens is 1. The number of hydrogen-bond donors (Lipinski definition) is 1. The van der Waals surface area contributed by atoms with Gasteiger partial charge in [0, 0.05) is 12.6 Å². The van der Waals surface area contributed by atoms with Crippen LogP contribution in [0.15, 0.2) is 18.3 Å². The third-order valence-electron chi connectivity index (χ3n) is 2.31. The van der Waals surface area contributed by atoms with Crippen LogP contribution in [0, 0.1) is 19.3 Å². The van der Waals surface area contributed by atoms with E-state index < -0.39 is 0 Å². The van der Waals surface area contributed by atoms with E-state index in [1.54, 1.807) is 0 Å². The molecule has 1 atom stereocenters. The molecule has 0 aromatic carbocycles. The van der Waals surface area contributed by atoms with Crippen molar-refractivity contribution < 1.29 is 0 Å². The molecule has 14 heavy (non-hydrogen) atoms. The lowest BCUT2D eigenvalue weighted by molar-refractivity contribution is 0.541. The quantitative estimate of drug-likeness (QED) is 0.732. The number of nitrogens with one attached hydrogen (secondary N) is 1. The third kappa shape index (κ3) is 2.58. The van der Waals surface area contributed by atoms with Crippen molar-refractivity contribution in [3.8, 4) is 12.3 Å². The highest BCUT2D eigenvalue weighted by molar-refractivity contribution is 5.21. The summed E-state index contributed by atoms with van der Waals surface area (Å²) in [5.74, 6) is 2.65. The average molecular weight is 188 g/mol. The van der Waals surface area contributed by atoms with Gasteiger partial charge in [-0.15, -0.1) is 12.3 Å². The maximum Gasteiger partial charge on any atom is 0.0602 e. The Labute approximate surface area is 85.8 Å². The highest BCUT2D eigenvalue weighted by Gasteiger charge is 2.11. The summed E-state index contributed by atoms with van der Waals surface area (Å²) in [7, 11) is 1.94. The molecular weight excluding hydrogens is 172 g/mol. The standard InChI is InChI=1S/C12H16N2/c1-4-5-8-11(13-3)12-10(2)7-6-9-14-12/h1,6-7,9,11,13H,5,8H2,2-3H3. The van der Waals surface area contributed by atoms with E-state index in [-0.39, 0.29) is 6.04 Å². The van der Waals surface area contributed by atoms with Crippen molar-refractivity contribution in [1.82, 2.24) is 10.3 Å². The number of nitrogens with zero attached hydrogens (tertiary/aromatic N) is 1. The van der Waals surface area contributed by atoms with E-state index in [0.29, 0.717) is 0 Å². The minimum Gasteiger partial charge on any atom is -0.312 e. The van der Waals surface area contributed by atoms with Gasteiger partial charge in [-0.3, -0.25) is 4.98 Å². The lowest BCUT2D eigenvalue weighted by Gasteiger charge is -2.16. The van der Waals surface area contributed by atoms with Gasteiger partial charge in [0.1, 0.15) is 0 Å². The van der Waals surface area contributed by atoms with Crippen molar-refractivity contribution in [3.63, 3.8) is 0 Å². The molecule has 0 saturated heterocycles. The second-order valence-electron chi connectivity index (χ2n) is 3.29. The number of pyridine rings is 1. The number of aryl methyl sites for hydroxylation is 1. The first-order chi connectivity index (χ1) is 6.79. The van der Waals surface area contributed by atoms with E-state index in [4.69, 9.17) is 6.42 Å². The van der Waals surface area contributed by atoms with Crippen molar-refractivity contribution in [2.75, 3.05) is 7.05 Å². The largest absolute Gasteiger partial charge is 0.312 e. The van der Waals surface area contributed by atoms with Crippen molar-refractivity contribution in [1.29, 1.82) is 0 Å². The third-order valence-corrected chi connectivity index (χ3v) is 2.31. The van der Waals surface area contributed by atoms with Crippen LogP contribution in [-0.2, 0) is 0 Å². The molecule has 0 bridgehead atoms. The lowest BCUT2D eigenvalue weighted by Crippen LogP contribution is -2.18. The average Bonchev–Trinajstić information content (AvgIpc) is 2.21. The molecule has 0 fully saturated rings. The molecule has 0 amide bonds. The van der Waals surface area contributed by atoms with Gasteiger partial charge in [0.25, 0.3) is 0 Å². The smallest absolute Gasteiger partial charge is 0.0602 e. The van der Waals surface area contributed by atoms with Crippen LogP contribution in [0.4, 0.5) is 0 Å². The maximum atomic E-state index is 5.25. The highest BCUT2D eigenvalue weighted by Crippen LogP contribution is 2.18. The second-order valence-corrected chi connectivity index (χ2v) is 3.29. The number of hydrogen-bond acceptors (Lipinski definition) is 2. The van der Waals surface area contributed by atoms with Crippen LogP contribution in [0.3, 0.4) is 0 Å². The summed E-state index contributed by atoms with van der Waals surface area (Å²) in [6, 6.07) is 4.29. The van der Waals surface area contributed by atoms with E-state index >= 15 is 0 Å². The summed E-state index contributed by atoms with van der Waals surface area (Å²) < 4.78 is 0. The molecule has 1 N–H and O–H groups in total. The fourth-order valence-corrected chi connectivity index (χ4v) is 1.51. The molecule has 74 valence electrons. The molecule has 2 heteroatoms. The Bertz CT molecular complexity index is 325. The van der Waals surface area contributed by atoms with E-state index in [9.17, 15) is 0 Å². The zero-order chi connectivity index (χ0) is 10.4. The van der Waals surface area contributed by atoms with E-state index in [2.05, 4.69) is 29.2 Å². The molecule has 0 radical (unpaired) electrons. The van der Waals surface area contributed by atoms with Crippen LogP contribution < -0.4 is 5.32 Å². The Kier molecular flexibility index (Phi) is 4.15. The van der Waals surface area contributed by atoms with Crippen LogP contribution in [0.1, 0.15) is 30.1 Å². The van der Waals surface area contributed by atoms with Gasteiger partial charge in [0.05, 0.1) is 11.7 Å². The summed E-state index contributed by atoms with van der Waals surface area (Å²) in [5.41, 5.74) is 2.31. The van der Waals surface area contributed by atoms with Crippen LogP contribution in [-0.4, -0.2) is 12.0 Å². The second kappa shape index (κ2) is 5.41. The highest BCUT2D eigenvalue weighted by atomic mass is 14.9. The zero-order valence-corrected chi connectivity index (χ0v) is 8.75. The van der Waals surface area contributed by atoms with Crippen molar-refractivity contribution in [3.05, 3.63) is 29.6 Å². The molecule has 2 nitrogen and oxygen atoms in total. The molecular formula is C12H16N2. The van der Waals surface area contributed by atoms with Gasteiger partial charge < -0.3 is 5.32 Å². The van der Waals surface area contributed by atoms with Gasteiger partial charge in [-0.2, -0.15) is 0 Å². The first kappa shape index (κ1) is 10.7. The Morgan fingerprint density at radius 1 is 1.64 bits per heavy atom. The molecule has 0 spiro atoms. The predicted octanol–water partition coefficient (Wildman–Crippen LogP) is 2.06. The van der Waals surface area contributed by atoms with Gasteiger partial charge in [-0.1, -0.05) is 6.07 Å². The van der Waals surface area contributed by atoms with Gasteiger partial charge in [0.2, 0.25) is 0 Å². The molecule has 0 aliphatic rings. The van der Waals surface area contributed by atoms with Gasteiger partial charge in [0.15, 0.2) is 0 Å². The maximum absolute atomic E-state index is 5.25. The fourth-order valence-electron chi connectivity index (χ4n) is 1.51. The summed E-state index contributed by atoms with van der Waals surface area (Å²) in [5, 5.41) is 3.24. The Morgan fingerprint density at radius 3 is 3.00 bits per heavy atom. The van der Waals surface area contributed by atoms with Gasteiger partial charge in [-0.25, -0.2) is 0 Å². The summed E-state index contributed by atoms with van der Waals surface area (Å²) >= 11 is 0. The number of terminal acetylenes is 1. The molecule has 1 heterocycles. The molecule has 0 aliphatic carbocycles. The van der Waals surface area contributed by atoms with Crippen LogP contribution >= 0.6 is 0 Å². The van der Waals surface area contributed by atoms with Crippen molar-refractivity contribution >= 4 is 0 Å². The Morgan fingerprint density at radius 2 is 2.43 bits per heavy atom. The summed E-state index contributed by atoms with van der Waals surface area (Å²) in [6.45, 7) is 2.07. The van der Waals surface area contributed by atoms with Crippen LogP contribution in [0.25, 0.3) is 0 Å². The summed E-state index contributed by atoms with van der Waals surface area (Å²) in [4.78, 5) is 4.37. The first-order valence-electron chi connectivity index (χ1n) is 4.81. The van der Waals surface area contributed by atoms with E-state index in [0.717, 1.165) is 18.5 Å². The molecule has 0 aliphatic heterocycles. The summed E-state index contributed by atoms with van der Waals surface area (Å²) in [6.07, 6.45) is 8.79. The van der Waals surface area contributed by atoms with E-state index in [1.165, 1.54) is 5.56 Å².